The molecule has 0 atom stereocenters. The normalized spacial score (nSPS) is 10.1. The molecule has 0 aliphatic rings. The third-order valence-electron chi connectivity index (χ3n) is 1.94. The smallest absolute Gasteiger partial charge is 0.339 e. The number of carboxylic acid groups (broad SMARTS) is 1. The highest BCUT2D eigenvalue weighted by Gasteiger charge is 2.15. The van der Waals surface area contributed by atoms with Gasteiger partial charge in [0.15, 0.2) is 5.75 Å². The van der Waals surface area contributed by atoms with Gasteiger partial charge in [0.2, 0.25) is 0 Å². The van der Waals surface area contributed by atoms with Crippen molar-refractivity contribution in [3.05, 3.63) is 34.6 Å². The van der Waals surface area contributed by atoms with Gasteiger partial charge in [0, 0.05) is 12.2 Å². The molecule has 75 valence electrons. The average molecular weight is 196 g/mol. The van der Waals surface area contributed by atoms with Crippen molar-refractivity contribution in [2.75, 3.05) is 0 Å². The highest BCUT2D eigenvalue weighted by molar-refractivity contribution is 5.90. The Morgan fingerprint density at radius 2 is 2.21 bits per heavy atom. The molecule has 1 heterocycles. The van der Waals surface area contributed by atoms with Gasteiger partial charge in [-0.15, -0.1) is 0 Å². The first kappa shape index (κ1) is 10.3. The summed E-state index contributed by atoms with van der Waals surface area (Å²) in [6.45, 7) is 5.23. The molecule has 0 saturated heterocycles. The van der Waals surface area contributed by atoms with Crippen LogP contribution in [0.15, 0.2) is 10.9 Å². The van der Waals surface area contributed by atoms with Crippen LogP contribution in [0.1, 0.15) is 16.1 Å². The van der Waals surface area contributed by atoms with Crippen LogP contribution in [0.3, 0.4) is 0 Å². The fraction of sp³-hybridized carbons (Fsp3) is 0.222. The number of aryl methyl sites for hydroxylation is 1. The quantitative estimate of drug-likeness (QED) is 0.717. The molecule has 14 heavy (non-hydrogen) atoms. The van der Waals surface area contributed by atoms with Crippen LogP contribution < -0.4 is 5.56 Å². The molecule has 1 aromatic rings. The zero-order valence-corrected chi connectivity index (χ0v) is 7.65. The fourth-order valence-electron chi connectivity index (χ4n) is 1.20. The van der Waals surface area contributed by atoms with Crippen LogP contribution in [0, 0.1) is 13.8 Å². The summed E-state index contributed by atoms with van der Waals surface area (Å²) in [5, 5.41) is 17.9. The number of aromatic nitrogens is 1. The number of aromatic carboxylic acids is 1. The lowest BCUT2D eigenvalue weighted by molar-refractivity contribution is 0.0693. The number of carboxylic acids is 1. The molecule has 1 rings (SSSR count). The van der Waals surface area contributed by atoms with Crippen LogP contribution in [0.4, 0.5) is 0 Å². The molecule has 1 radical (unpaired) electrons. The minimum atomic E-state index is -1.32. The first-order valence-corrected chi connectivity index (χ1v) is 3.95. The zero-order valence-electron chi connectivity index (χ0n) is 7.65. The molecule has 2 N–H and O–H groups in total. The molecule has 0 spiro atoms. The number of carbonyl (C=O) groups is 1. The maximum atomic E-state index is 11.4. The van der Waals surface area contributed by atoms with Crippen molar-refractivity contribution in [2.45, 2.75) is 13.5 Å². The van der Waals surface area contributed by atoms with Crippen molar-refractivity contribution >= 4 is 5.97 Å². The van der Waals surface area contributed by atoms with Crippen molar-refractivity contribution in [1.29, 1.82) is 0 Å². The molecule has 0 saturated carbocycles. The second kappa shape index (κ2) is 3.53. The fourth-order valence-corrected chi connectivity index (χ4v) is 1.20. The maximum Gasteiger partial charge on any atom is 0.339 e. The number of hydrogen-bond donors (Lipinski definition) is 2. The summed E-state index contributed by atoms with van der Waals surface area (Å²) in [4.78, 5) is 22.0. The Bertz CT molecular complexity index is 433. The number of rotatable bonds is 2. The average Bonchev–Trinajstić information content (AvgIpc) is 2.12. The summed E-state index contributed by atoms with van der Waals surface area (Å²) in [6, 6.07) is 1.24. The number of hydrogen-bond acceptors (Lipinski definition) is 3. The van der Waals surface area contributed by atoms with Gasteiger partial charge in [-0.25, -0.2) is 4.79 Å². The van der Waals surface area contributed by atoms with Gasteiger partial charge in [-0.3, -0.25) is 4.79 Å². The third-order valence-corrected chi connectivity index (χ3v) is 1.94. The van der Waals surface area contributed by atoms with Gasteiger partial charge in [0.25, 0.3) is 5.56 Å². The highest BCUT2D eigenvalue weighted by atomic mass is 16.4. The Balaban J connectivity index is 3.56. The molecule has 0 bridgehead atoms. The number of nitrogens with zero attached hydrogens (tertiary/aromatic N) is 1. The molecule has 0 aliphatic heterocycles. The predicted molar refractivity (Wildman–Crippen MR) is 49.4 cm³/mol. The standard InChI is InChI=1S/C9H10NO4/c1-3-10-5(2)4-6(9(13)14)7(11)8(10)12/h4,11H,1,3H2,2H3,(H,13,14). The van der Waals surface area contributed by atoms with E-state index in [1.165, 1.54) is 10.6 Å². The molecule has 5 heteroatoms. The second-order valence-electron chi connectivity index (χ2n) is 2.81. The SMILES string of the molecule is [CH2]Cn1c(C)cc(C(=O)O)c(O)c1=O. The van der Waals surface area contributed by atoms with E-state index in [-0.39, 0.29) is 12.1 Å². The van der Waals surface area contributed by atoms with Crippen LogP contribution >= 0.6 is 0 Å². The van der Waals surface area contributed by atoms with Gasteiger partial charge in [-0.2, -0.15) is 0 Å². The van der Waals surface area contributed by atoms with E-state index in [1.807, 2.05) is 0 Å². The largest absolute Gasteiger partial charge is 0.502 e. The van der Waals surface area contributed by atoms with E-state index in [0.717, 1.165) is 0 Å². The minimum absolute atomic E-state index is 0.151. The van der Waals surface area contributed by atoms with E-state index in [0.29, 0.717) is 5.69 Å². The monoisotopic (exact) mass is 196 g/mol. The van der Waals surface area contributed by atoms with E-state index < -0.39 is 17.3 Å². The Hall–Kier alpha value is -1.78. The van der Waals surface area contributed by atoms with Gasteiger partial charge in [0.1, 0.15) is 5.56 Å². The zero-order chi connectivity index (χ0) is 10.9. The third kappa shape index (κ3) is 1.48. The summed E-state index contributed by atoms with van der Waals surface area (Å²) in [5.41, 5.74) is -0.644. The Morgan fingerprint density at radius 3 is 2.64 bits per heavy atom. The van der Waals surface area contributed by atoms with E-state index in [2.05, 4.69) is 6.92 Å². The van der Waals surface area contributed by atoms with Crippen LogP contribution in [0.2, 0.25) is 0 Å². The minimum Gasteiger partial charge on any atom is -0.502 e. The molecule has 0 aromatic carbocycles. The van der Waals surface area contributed by atoms with E-state index in [4.69, 9.17) is 5.11 Å². The van der Waals surface area contributed by atoms with E-state index >= 15 is 0 Å². The van der Waals surface area contributed by atoms with Gasteiger partial charge in [0.05, 0.1) is 0 Å². The lowest BCUT2D eigenvalue weighted by Gasteiger charge is -2.08. The Labute approximate surface area is 80.2 Å². The molecule has 5 nitrogen and oxygen atoms in total. The van der Waals surface area contributed by atoms with Crippen LogP contribution in [-0.4, -0.2) is 20.7 Å². The second-order valence-corrected chi connectivity index (χ2v) is 2.81. The lowest BCUT2D eigenvalue weighted by atomic mass is 10.2. The number of aromatic hydroxyl groups is 1. The molecular weight excluding hydrogens is 186 g/mol. The first-order valence-electron chi connectivity index (χ1n) is 3.95. The molecule has 0 amide bonds. The van der Waals surface area contributed by atoms with E-state index in [9.17, 15) is 14.7 Å². The summed E-state index contributed by atoms with van der Waals surface area (Å²) >= 11 is 0. The molecule has 0 aliphatic carbocycles. The Kier molecular flexibility index (Phi) is 2.60. The predicted octanol–water partition coefficient (Wildman–Crippen LogP) is 0.395. The van der Waals surface area contributed by atoms with Crippen LogP contribution in [-0.2, 0) is 6.54 Å². The van der Waals surface area contributed by atoms with Gasteiger partial charge >= 0.3 is 5.97 Å². The number of pyridine rings is 1. The van der Waals surface area contributed by atoms with Crippen LogP contribution in [0.25, 0.3) is 0 Å². The van der Waals surface area contributed by atoms with Crippen molar-refractivity contribution in [3.8, 4) is 5.75 Å². The molecule has 1 aromatic heterocycles. The van der Waals surface area contributed by atoms with Gasteiger partial charge in [-0.1, -0.05) is 0 Å². The van der Waals surface area contributed by atoms with Crippen molar-refractivity contribution in [2.24, 2.45) is 0 Å². The van der Waals surface area contributed by atoms with Crippen LogP contribution in [0.5, 0.6) is 5.75 Å². The topological polar surface area (TPSA) is 79.5 Å². The van der Waals surface area contributed by atoms with Crippen molar-refractivity contribution in [1.82, 2.24) is 4.57 Å². The molecular formula is C9H10NO4. The summed E-state index contributed by atoms with van der Waals surface area (Å²) in [6.07, 6.45) is 0. The van der Waals surface area contributed by atoms with Gasteiger partial charge in [-0.05, 0) is 19.9 Å². The lowest BCUT2D eigenvalue weighted by Crippen LogP contribution is -2.23. The Morgan fingerprint density at radius 1 is 1.64 bits per heavy atom. The highest BCUT2D eigenvalue weighted by Crippen LogP contribution is 2.12. The molecule has 0 unspecified atom stereocenters. The molecule has 0 fully saturated rings. The summed E-state index contributed by atoms with van der Waals surface area (Å²) in [7, 11) is 0. The first-order chi connectivity index (χ1) is 6.49. The summed E-state index contributed by atoms with van der Waals surface area (Å²) < 4.78 is 1.20. The maximum absolute atomic E-state index is 11.4. The van der Waals surface area contributed by atoms with E-state index in [1.54, 1.807) is 6.92 Å². The van der Waals surface area contributed by atoms with Crippen molar-refractivity contribution < 1.29 is 15.0 Å². The van der Waals surface area contributed by atoms with Crippen molar-refractivity contribution in [3.63, 3.8) is 0 Å². The van der Waals surface area contributed by atoms with Gasteiger partial charge < -0.3 is 14.8 Å². The summed E-state index contributed by atoms with van der Waals surface area (Å²) in [5.74, 6) is -2.06.